The van der Waals surface area contributed by atoms with Gasteiger partial charge in [-0.1, -0.05) is 12.1 Å². The highest BCUT2D eigenvalue weighted by Crippen LogP contribution is 2.12. The number of anilines is 1. The minimum absolute atomic E-state index is 0.229. The predicted molar refractivity (Wildman–Crippen MR) is 103 cm³/mol. The molecular weight excluding hydrogens is 342 g/mol. The molecule has 7 nitrogen and oxygen atoms in total. The van der Waals surface area contributed by atoms with E-state index in [1.165, 1.54) is 6.33 Å². The Hall–Kier alpha value is -3.48. The van der Waals surface area contributed by atoms with Gasteiger partial charge in [-0.15, -0.1) is 0 Å². The molecule has 0 aliphatic carbocycles. The summed E-state index contributed by atoms with van der Waals surface area (Å²) >= 11 is 0. The van der Waals surface area contributed by atoms with E-state index in [9.17, 15) is 4.79 Å². The normalized spacial score (nSPS) is 10.3. The molecular formula is C20H21N5O2. The molecule has 1 amide bonds. The second-order valence-corrected chi connectivity index (χ2v) is 5.85. The second-order valence-electron chi connectivity index (χ2n) is 5.85. The highest BCUT2D eigenvalue weighted by molar-refractivity contribution is 5.92. The molecule has 0 fully saturated rings. The number of rotatable bonds is 8. The number of carbonyl (C=O) groups excluding carboxylic acids is 1. The van der Waals surface area contributed by atoms with Crippen molar-refractivity contribution < 1.29 is 9.53 Å². The summed E-state index contributed by atoms with van der Waals surface area (Å²) in [6.45, 7) is 1.10. The third-order valence-corrected chi connectivity index (χ3v) is 3.96. The van der Waals surface area contributed by atoms with Gasteiger partial charge in [0.1, 0.15) is 23.6 Å². The fraction of sp³-hybridized carbons (Fsp3) is 0.200. The summed E-state index contributed by atoms with van der Waals surface area (Å²) in [7, 11) is 1.64. The molecule has 2 N–H and O–H groups in total. The van der Waals surface area contributed by atoms with E-state index in [-0.39, 0.29) is 5.91 Å². The van der Waals surface area contributed by atoms with Crippen LogP contribution in [-0.4, -0.2) is 34.5 Å². The van der Waals surface area contributed by atoms with Gasteiger partial charge in [0.15, 0.2) is 0 Å². The lowest BCUT2D eigenvalue weighted by Gasteiger charge is -2.08. The van der Waals surface area contributed by atoms with Gasteiger partial charge in [0.05, 0.1) is 7.11 Å². The average molecular weight is 363 g/mol. The van der Waals surface area contributed by atoms with Gasteiger partial charge in [0.2, 0.25) is 0 Å². The number of hydrogen-bond acceptors (Lipinski definition) is 6. The van der Waals surface area contributed by atoms with Crippen molar-refractivity contribution in [1.82, 2.24) is 20.3 Å². The molecule has 0 atom stereocenters. The number of hydrogen-bond donors (Lipinski definition) is 2. The first-order chi connectivity index (χ1) is 13.2. The summed E-state index contributed by atoms with van der Waals surface area (Å²) in [5.41, 5.74) is 2.50. The number of nitrogens with zero attached hydrogens (tertiary/aromatic N) is 3. The van der Waals surface area contributed by atoms with Gasteiger partial charge in [0, 0.05) is 31.5 Å². The zero-order chi connectivity index (χ0) is 18.9. The Bertz CT molecular complexity index is 886. The Morgan fingerprint density at radius 3 is 2.74 bits per heavy atom. The number of benzene rings is 1. The molecule has 3 aromatic rings. The molecule has 0 aliphatic heterocycles. The molecule has 2 aromatic heterocycles. The van der Waals surface area contributed by atoms with Crippen molar-refractivity contribution in [3.8, 4) is 5.75 Å². The average Bonchev–Trinajstić information content (AvgIpc) is 2.73. The van der Waals surface area contributed by atoms with Crippen LogP contribution in [-0.2, 0) is 13.0 Å². The van der Waals surface area contributed by atoms with Gasteiger partial charge >= 0.3 is 0 Å². The molecule has 0 saturated carbocycles. The van der Waals surface area contributed by atoms with Crippen LogP contribution >= 0.6 is 0 Å². The molecule has 1 aromatic carbocycles. The van der Waals surface area contributed by atoms with Crippen LogP contribution in [0.1, 0.15) is 21.6 Å². The molecule has 0 radical (unpaired) electrons. The van der Waals surface area contributed by atoms with E-state index in [4.69, 9.17) is 4.74 Å². The van der Waals surface area contributed by atoms with Gasteiger partial charge in [-0.05, 0) is 41.8 Å². The molecule has 0 aliphatic rings. The number of ether oxygens (including phenoxy) is 1. The third kappa shape index (κ3) is 5.50. The van der Waals surface area contributed by atoms with Crippen molar-refractivity contribution in [2.45, 2.75) is 13.0 Å². The summed E-state index contributed by atoms with van der Waals surface area (Å²) in [5.74, 6) is 1.17. The summed E-state index contributed by atoms with van der Waals surface area (Å²) in [6, 6.07) is 13.3. The van der Waals surface area contributed by atoms with E-state index in [1.807, 2.05) is 36.4 Å². The Kier molecular flexibility index (Phi) is 6.30. The van der Waals surface area contributed by atoms with Crippen molar-refractivity contribution in [3.05, 3.63) is 78.0 Å². The van der Waals surface area contributed by atoms with Crippen molar-refractivity contribution in [2.24, 2.45) is 0 Å². The fourth-order valence-corrected chi connectivity index (χ4v) is 2.51. The Labute approximate surface area is 157 Å². The Morgan fingerprint density at radius 2 is 1.93 bits per heavy atom. The maximum atomic E-state index is 12.3. The van der Waals surface area contributed by atoms with E-state index in [0.717, 1.165) is 16.9 Å². The molecule has 138 valence electrons. The standard InChI is InChI=1S/C20H21N5O2/c1-27-17-4-2-3-15(11-17)7-10-22-20(26)18-12-19(25-14-24-18)23-13-16-5-8-21-9-6-16/h2-6,8-9,11-12,14H,7,10,13H2,1H3,(H,22,26)(H,23,24,25). The zero-order valence-corrected chi connectivity index (χ0v) is 15.1. The number of methoxy groups -OCH3 is 1. The summed E-state index contributed by atoms with van der Waals surface area (Å²) in [6.07, 6.45) is 5.56. The minimum atomic E-state index is -0.229. The van der Waals surface area contributed by atoms with Crippen LogP contribution < -0.4 is 15.4 Å². The second kappa shape index (κ2) is 9.28. The van der Waals surface area contributed by atoms with Crippen LogP contribution in [0.25, 0.3) is 0 Å². The van der Waals surface area contributed by atoms with Gasteiger partial charge in [-0.25, -0.2) is 9.97 Å². The van der Waals surface area contributed by atoms with Crippen molar-refractivity contribution in [1.29, 1.82) is 0 Å². The lowest BCUT2D eigenvalue weighted by atomic mass is 10.1. The summed E-state index contributed by atoms with van der Waals surface area (Å²) < 4.78 is 5.20. The topological polar surface area (TPSA) is 89.0 Å². The largest absolute Gasteiger partial charge is 0.497 e. The van der Waals surface area contributed by atoms with E-state index in [2.05, 4.69) is 25.6 Å². The van der Waals surface area contributed by atoms with Crippen LogP contribution in [0.3, 0.4) is 0 Å². The van der Waals surface area contributed by atoms with E-state index in [1.54, 1.807) is 25.6 Å². The molecule has 3 rings (SSSR count). The van der Waals surface area contributed by atoms with Crippen LogP contribution in [0.5, 0.6) is 5.75 Å². The lowest BCUT2D eigenvalue weighted by Crippen LogP contribution is -2.26. The summed E-state index contributed by atoms with van der Waals surface area (Å²) in [5, 5.41) is 6.06. The number of amides is 1. The maximum Gasteiger partial charge on any atom is 0.270 e. The lowest BCUT2D eigenvalue weighted by molar-refractivity contribution is 0.0949. The van der Waals surface area contributed by atoms with Crippen LogP contribution in [0.2, 0.25) is 0 Å². The zero-order valence-electron chi connectivity index (χ0n) is 15.1. The number of carbonyl (C=O) groups is 1. The van der Waals surface area contributed by atoms with Crippen molar-refractivity contribution in [2.75, 3.05) is 19.0 Å². The van der Waals surface area contributed by atoms with Gasteiger partial charge in [-0.2, -0.15) is 0 Å². The van der Waals surface area contributed by atoms with Crippen LogP contribution in [0, 0.1) is 0 Å². The Balaban J connectivity index is 1.52. The van der Waals surface area contributed by atoms with Crippen LogP contribution in [0.4, 0.5) is 5.82 Å². The van der Waals surface area contributed by atoms with E-state index in [0.29, 0.717) is 31.0 Å². The SMILES string of the molecule is COc1cccc(CCNC(=O)c2cc(NCc3ccncc3)ncn2)c1. The van der Waals surface area contributed by atoms with Crippen molar-refractivity contribution >= 4 is 11.7 Å². The predicted octanol–water partition coefficient (Wildman–Crippen LogP) is 2.46. The Morgan fingerprint density at radius 1 is 1.07 bits per heavy atom. The van der Waals surface area contributed by atoms with Gasteiger partial charge < -0.3 is 15.4 Å². The monoisotopic (exact) mass is 363 g/mol. The first kappa shape index (κ1) is 18.3. The smallest absolute Gasteiger partial charge is 0.270 e. The quantitative estimate of drug-likeness (QED) is 0.639. The highest BCUT2D eigenvalue weighted by Gasteiger charge is 2.08. The fourth-order valence-electron chi connectivity index (χ4n) is 2.51. The minimum Gasteiger partial charge on any atom is -0.497 e. The van der Waals surface area contributed by atoms with Crippen LogP contribution in [0.15, 0.2) is 61.2 Å². The van der Waals surface area contributed by atoms with E-state index >= 15 is 0 Å². The molecule has 27 heavy (non-hydrogen) atoms. The molecule has 0 spiro atoms. The first-order valence-corrected chi connectivity index (χ1v) is 8.60. The number of aromatic nitrogens is 3. The maximum absolute atomic E-state index is 12.3. The number of nitrogens with one attached hydrogen (secondary N) is 2. The first-order valence-electron chi connectivity index (χ1n) is 8.60. The van der Waals surface area contributed by atoms with Gasteiger partial charge in [0.25, 0.3) is 5.91 Å². The number of pyridine rings is 1. The molecule has 7 heteroatoms. The molecule has 2 heterocycles. The third-order valence-electron chi connectivity index (χ3n) is 3.96. The van der Waals surface area contributed by atoms with Gasteiger partial charge in [-0.3, -0.25) is 9.78 Å². The van der Waals surface area contributed by atoms with Crippen molar-refractivity contribution in [3.63, 3.8) is 0 Å². The summed E-state index contributed by atoms with van der Waals surface area (Å²) in [4.78, 5) is 24.5. The molecule has 0 unspecified atom stereocenters. The highest BCUT2D eigenvalue weighted by atomic mass is 16.5. The molecule has 0 saturated heterocycles. The molecule has 0 bridgehead atoms. The van der Waals surface area contributed by atoms with E-state index < -0.39 is 0 Å².